The molecule has 1 amide bonds. The molecule has 2 heterocycles. The molecule has 0 bridgehead atoms. The summed E-state index contributed by atoms with van der Waals surface area (Å²) in [4.78, 5) is 36.2. The number of carbonyl (C=O) groups is 1. The van der Waals surface area contributed by atoms with E-state index in [1.165, 1.54) is 40.1 Å². The van der Waals surface area contributed by atoms with Crippen LogP contribution in [0.1, 0.15) is 16.0 Å². The van der Waals surface area contributed by atoms with Crippen LogP contribution in [0.2, 0.25) is 5.02 Å². The third-order valence-electron chi connectivity index (χ3n) is 5.25. The van der Waals surface area contributed by atoms with Gasteiger partial charge in [-0.25, -0.2) is 4.98 Å². The van der Waals surface area contributed by atoms with Crippen molar-refractivity contribution in [3.05, 3.63) is 121 Å². The number of hydrogen-bond donors (Lipinski definition) is 0. The van der Waals surface area contributed by atoms with Gasteiger partial charge in [0, 0.05) is 34.7 Å². The summed E-state index contributed by atoms with van der Waals surface area (Å²) in [6.45, 7) is 0. The minimum absolute atomic E-state index is 0.0394. The maximum atomic E-state index is 13.4. The Morgan fingerprint density at radius 2 is 1.83 bits per heavy atom. The molecule has 178 valence electrons. The molecule has 5 rings (SSSR count). The van der Waals surface area contributed by atoms with Crippen molar-refractivity contribution < 1.29 is 9.72 Å². The largest absolute Gasteiger partial charge is 0.271 e. The molecule has 1 saturated heterocycles. The molecule has 1 aliphatic heterocycles. The molecule has 1 aliphatic rings. The van der Waals surface area contributed by atoms with E-state index in [1.54, 1.807) is 24.4 Å². The Balaban J connectivity index is 1.48. The highest BCUT2D eigenvalue weighted by atomic mass is 35.5. The number of aromatic nitrogens is 1. The van der Waals surface area contributed by atoms with Gasteiger partial charge in [-0.3, -0.25) is 19.8 Å². The van der Waals surface area contributed by atoms with Crippen molar-refractivity contribution in [3.63, 3.8) is 0 Å². The van der Waals surface area contributed by atoms with Gasteiger partial charge in [0.2, 0.25) is 5.13 Å². The number of hydrogen-bond acceptors (Lipinski definition) is 7. The van der Waals surface area contributed by atoms with Crippen LogP contribution in [0.4, 0.5) is 16.5 Å². The third kappa shape index (κ3) is 5.23. The summed E-state index contributed by atoms with van der Waals surface area (Å²) in [6, 6.07) is 23.0. The Morgan fingerprint density at radius 3 is 2.61 bits per heavy atom. The number of thiazole rings is 1. The second-order valence-electron chi connectivity index (χ2n) is 7.71. The lowest BCUT2D eigenvalue weighted by atomic mass is 10.1. The predicted octanol–water partition coefficient (Wildman–Crippen LogP) is 7.10. The van der Waals surface area contributed by atoms with Crippen molar-refractivity contribution >= 4 is 68.4 Å². The number of non-ortho nitro benzene ring substituents is 1. The van der Waals surface area contributed by atoms with Gasteiger partial charge in [0.25, 0.3) is 11.6 Å². The molecule has 1 aromatic heterocycles. The monoisotopic (exact) mass is 532 g/mol. The Morgan fingerprint density at radius 1 is 1.06 bits per heavy atom. The van der Waals surface area contributed by atoms with Gasteiger partial charge < -0.3 is 0 Å². The van der Waals surface area contributed by atoms with E-state index in [-0.39, 0.29) is 11.6 Å². The van der Waals surface area contributed by atoms with E-state index < -0.39 is 4.92 Å². The molecule has 10 heteroatoms. The van der Waals surface area contributed by atoms with Crippen LogP contribution in [0, 0.1) is 10.1 Å². The van der Waals surface area contributed by atoms with E-state index in [1.807, 2.05) is 54.6 Å². The highest BCUT2D eigenvalue weighted by molar-refractivity contribution is 8.19. The standard InChI is InChI=1S/C26H17ClN4O3S2/c27-22-12-5-4-8-18(22)15-21-16-28-25(35-21)29-26-30(19-9-2-1-3-10-19)24(32)23(36-26)14-17-7-6-11-20(13-17)31(33)34/h1-14,16H,15H2/b23-14-,29-26?. The number of benzene rings is 3. The predicted molar refractivity (Wildman–Crippen MR) is 146 cm³/mol. The average Bonchev–Trinajstić information content (AvgIpc) is 3.44. The molecule has 4 aromatic rings. The number of nitrogens with zero attached hydrogens (tertiary/aromatic N) is 4. The summed E-state index contributed by atoms with van der Waals surface area (Å²) >= 11 is 8.93. The van der Waals surface area contributed by atoms with Crippen LogP contribution in [-0.2, 0) is 11.2 Å². The van der Waals surface area contributed by atoms with E-state index in [0.29, 0.717) is 37.9 Å². The van der Waals surface area contributed by atoms with Gasteiger partial charge in [-0.2, -0.15) is 4.99 Å². The Hall–Kier alpha value is -3.79. The molecule has 0 aliphatic carbocycles. The van der Waals surface area contributed by atoms with Gasteiger partial charge >= 0.3 is 0 Å². The molecule has 0 spiro atoms. The van der Waals surface area contributed by atoms with Crippen molar-refractivity contribution in [2.24, 2.45) is 4.99 Å². The van der Waals surface area contributed by atoms with E-state index in [2.05, 4.69) is 4.98 Å². The number of amides is 1. The number of anilines is 1. The smallest absolute Gasteiger partial charge is 0.268 e. The number of para-hydroxylation sites is 1. The summed E-state index contributed by atoms with van der Waals surface area (Å²) in [7, 11) is 0. The van der Waals surface area contributed by atoms with Crippen molar-refractivity contribution in [2.75, 3.05) is 4.90 Å². The summed E-state index contributed by atoms with van der Waals surface area (Å²) in [5.41, 5.74) is 2.19. The maximum absolute atomic E-state index is 13.4. The minimum atomic E-state index is -0.461. The van der Waals surface area contributed by atoms with E-state index in [0.717, 1.165) is 10.4 Å². The normalized spacial score (nSPS) is 15.7. The molecule has 0 saturated carbocycles. The number of nitro groups is 1. The van der Waals surface area contributed by atoms with E-state index in [4.69, 9.17) is 16.6 Å². The number of nitro benzene ring substituents is 1. The topological polar surface area (TPSA) is 88.7 Å². The van der Waals surface area contributed by atoms with E-state index in [9.17, 15) is 14.9 Å². The number of aliphatic imine (C=N–C) groups is 1. The highest BCUT2D eigenvalue weighted by Crippen LogP contribution is 2.38. The van der Waals surface area contributed by atoms with Crippen molar-refractivity contribution in [1.82, 2.24) is 4.98 Å². The van der Waals surface area contributed by atoms with Crippen molar-refractivity contribution in [1.29, 1.82) is 0 Å². The maximum Gasteiger partial charge on any atom is 0.271 e. The molecule has 0 radical (unpaired) electrons. The highest BCUT2D eigenvalue weighted by Gasteiger charge is 2.35. The minimum Gasteiger partial charge on any atom is -0.268 e. The SMILES string of the molecule is O=C1/C(=C/c2cccc([N+](=O)[O-])c2)SC(=Nc2ncc(Cc3ccccc3Cl)s2)N1c1ccccc1. The van der Waals surface area contributed by atoms with Crippen molar-refractivity contribution in [3.8, 4) is 0 Å². The Labute approximate surface area is 219 Å². The first-order valence-corrected chi connectivity index (χ1v) is 12.8. The average molecular weight is 533 g/mol. The van der Waals surface area contributed by atoms with Crippen LogP contribution in [0.15, 0.2) is 95.0 Å². The summed E-state index contributed by atoms with van der Waals surface area (Å²) in [5, 5.41) is 12.8. The number of rotatable bonds is 6. The summed E-state index contributed by atoms with van der Waals surface area (Å²) < 4.78 is 0. The zero-order chi connectivity index (χ0) is 25.1. The first-order valence-electron chi connectivity index (χ1n) is 10.8. The van der Waals surface area contributed by atoms with Crippen molar-refractivity contribution in [2.45, 2.75) is 6.42 Å². The van der Waals surface area contributed by atoms with Crippen LogP contribution in [0.25, 0.3) is 6.08 Å². The zero-order valence-electron chi connectivity index (χ0n) is 18.6. The molecular weight excluding hydrogens is 516 g/mol. The van der Waals surface area contributed by atoms with Gasteiger partial charge in [0.05, 0.1) is 15.5 Å². The van der Waals surface area contributed by atoms with Crippen LogP contribution in [0.5, 0.6) is 0 Å². The fourth-order valence-corrected chi connectivity index (χ4v) is 5.62. The molecule has 0 atom stereocenters. The lowest BCUT2D eigenvalue weighted by Gasteiger charge is -2.14. The Bertz CT molecular complexity index is 1520. The van der Waals surface area contributed by atoms with Crippen LogP contribution < -0.4 is 4.90 Å². The van der Waals surface area contributed by atoms with Crippen LogP contribution in [0.3, 0.4) is 0 Å². The van der Waals surface area contributed by atoms with Gasteiger partial charge in [0.15, 0.2) is 5.17 Å². The first kappa shape index (κ1) is 23.9. The molecular formula is C26H17ClN4O3S2. The summed E-state index contributed by atoms with van der Waals surface area (Å²) in [6.07, 6.45) is 4.04. The number of thioether (sulfide) groups is 1. The second-order valence-corrected chi connectivity index (χ2v) is 10.2. The van der Waals surface area contributed by atoms with Gasteiger partial charge in [-0.1, -0.05) is 71.5 Å². The molecule has 7 nitrogen and oxygen atoms in total. The lowest BCUT2D eigenvalue weighted by Crippen LogP contribution is -2.28. The van der Waals surface area contributed by atoms with Gasteiger partial charge in [0.1, 0.15) is 0 Å². The molecule has 3 aromatic carbocycles. The fourth-order valence-electron chi connectivity index (χ4n) is 3.57. The first-order chi connectivity index (χ1) is 17.5. The molecule has 1 fully saturated rings. The number of carbonyl (C=O) groups excluding carboxylic acids is 1. The van der Waals surface area contributed by atoms with Gasteiger partial charge in [-0.15, -0.1) is 0 Å². The number of amidine groups is 1. The second kappa shape index (κ2) is 10.4. The zero-order valence-corrected chi connectivity index (χ0v) is 21.0. The molecule has 0 unspecified atom stereocenters. The third-order valence-corrected chi connectivity index (χ3v) is 7.48. The lowest BCUT2D eigenvalue weighted by molar-refractivity contribution is -0.384. The number of halogens is 1. The molecule has 0 N–H and O–H groups in total. The quantitative estimate of drug-likeness (QED) is 0.150. The fraction of sp³-hybridized carbons (Fsp3) is 0.0385. The van der Waals surface area contributed by atoms with Crippen LogP contribution >= 0.6 is 34.7 Å². The summed E-state index contributed by atoms with van der Waals surface area (Å²) in [5.74, 6) is -0.260. The van der Waals surface area contributed by atoms with E-state index >= 15 is 0 Å². The molecule has 36 heavy (non-hydrogen) atoms. The van der Waals surface area contributed by atoms with Crippen LogP contribution in [-0.4, -0.2) is 21.0 Å². The van der Waals surface area contributed by atoms with Gasteiger partial charge in [-0.05, 0) is 47.2 Å². The Kier molecular flexibility index (Phi) is 6.95.